The van der Waals surface area contributed by atoms with Gasteiger partial charge in [0.05, 0.1) is 15.6 Å². The fraction of sp³-hybridized carbons (Fsp3) is 0.0667. The van der Waals surface area contributed by atoms with Crippen LogP contribution in [0.3, 0.4) is 0 Å². The summed E-state index contributed by atoms with van der Waals surface area (Å²) in [4.78, 5) is 22.3. The third kappa shape index (κ3) is 4.50. The van der Waals surface area contributed by atoms with Gasteiger partial charge in [-0.1, -0.05) is 33.6 Å². The molecular weight excluding hydrogens is 418 g/mol. The second kappa shape index (κ2) is 7.69. The van der Waals surface area contributed by atoms with Gasteiger partial charge in [0, 0.05) is 22.2 Å². The van der Waals surface area contributed by atoms with E-state index in [9.17, 15) is 14.9 Å². The van der Waals surface area contributed by atoms with Crippen LogP contribution in [0.15, 0.2) is 40.9 Å². The van der Waals surface area contributed by atoms with Crippen LogP contribution in [0.1, 0.15) is 15.9 Å². The van der Waals surface area contributed by atoms with Gasteiger partial charge in [0.2, 0.25) is 0 Å². The number of carbonyl (C=O) groups excluding carboxylic acids is 1. The van der Waals surface area contributed by atoms with Crippen LogP contribution in [0.4, 0.5) is 11.4 Å². The number of carbonyl (C=O) groups is 1. The highest BCUT2D eigenvalue weighted by Crippen LogP contribution is 2.26. The molecule has 0 atom stereocenters. The number of benzene rings is 2. The highest BCUT2D eigenvalue weighted by molar-refractivity contribution is 9.10. The number of nitrogens with one attached hydrogen (secondary N) is 2. The Morgan fingerprint density at radius 1 is 1.29 bits per heavy atom. The quantitative estimate of drug-likeness (QED) is 0.429. The molecule has 0 aliphatic carbocycles. The van der Waals surface area contributed by atoms with E-state index in [1.165, 1.54) is 18.2 Å². The molecule has 0 fully saturated rings. The third-order valence-electron chi connectivity index (χ3n) is 3.07. The zero-order chi connectivity index (χ0) is 17.9. The van der Waals surface area contributed by atoms with Crippen LogP contribution < -0.4 is 10.6 Å². The summed E-state index contributed by atoms with van der Waals surface area (Å²) in [5.74, 6) is -0.383. The molecule has 0 heterocycles. The molecule has 0 spiro atoms. The minimum atomic E-state index is -0.551. The van der Waals surface area contributed by atoms with E-state index in [4.69, 9.17) is 23.8 Å². The van der Waals surface area contributed by atoms with E-state index in [0.29, 0.717) is 11.3 Å². The van der Waals surface area contributed by atoms with Crippen molar-refractivity contribution in [2.75, 3.05) is 5.32 Å². The van der Waals surface area contributed by atoms with Gasteiger partial charge in [0.15, 0.2) is 5.11 Å². The van der Waals surface area contributed by atoms with Crippen molar-refractivity contribution >= 4 is 62.1 Å². The van der Waals surface area contributed by atoms with Crippen molar-refractivity contribution in [1.29, 1.82) is 0 Å². The molecule has 1 amide bonds. The number of amides is 1. The molecule has 124 valence electrons. The van der Waals surface area contributed by atoms with Crippen LogP contribution in [0.2, 0.25) is 5.02 Å². The SMILES string of the molecule is Cc1ccc(C(=O)NC(=S)Nc2ccc([N+](=O)[O-])cc2Cl)cc1Br. The van der Waals surface area contributed by atoms with E-state index in [-0.39, 0.29) is 21.7 Å². The molecule has 0 bridgehead atoms. The fourth-order valence-electron chi connectivity index (χ4n) is 1.78. The third-order valence-corrected chi connectivity index (χ3v) is 4.44. The summed E-state index contributed by atoms with van der Waals surface area (Å²) in [7, 11) is 0. The summed E-state index contributed by atoms with van der Waals surface area (Å²) in [5.41, 5.74) is 1.67. The Balaban J connectivity index is 2.06. The van der Waals surface area contributed by atoms with E-state index in [0.717, 1.165) is 10.0 Å². The average molecular weight is 429 g/mol. The fourth-order valence-corrected chi connectivity index (χ4v) is 2.59. The zero-order valence-corrected chi connectivity index (χ0v) is 15.5. The molecular formula is C15H11BrClN3O3S. The first-order valence-electron chi connectivity index (χ1n) is 6.60. The van der Waals surface area contributed by atoms with E-state index in [1.807, 2.05) is 13.0 Å². The molecule has 2 aromatic rings. The number of nitro groups is 1. The average Bonchev–Trinajstić information content (AvgIpc) is 2.51. The second-order valence-electron chi connectivity index (χ2n) is 4.79. The maximum absolute atomic E-state index is 12.2. The molecule has 2 rings (SSSR count). The van der Waals surface area contributed by atoms with E-state index >= 15 is 0 Å². The minimum Gasteiger partial charge on any atom is -0.331 e. The number of nitro benzene ring substituents is 1. The first kappa shape index (κ1) is 18.3. The lowest BCUT2D eigenvalue weighted by molar-refractivity contribution is -0.384. The van der Waals surface area contributed by atoms with Crippen molar-refractivity contribution in [3.63, 3.8) is 0 Å². The summed E-state index contributed by atoms with van der Waals surface area (Å²) >= 11 is 14.4. The summed E-state index contributed by atoms with van der Waals surface area (Å²) in [6.07, 6.45) is 0. The van der Waals surface area contributed by atoms with E-state index in [1.54, 1.807) is 12.1 Å². The molecule has 6 nitrogen and oxygen atoms in total. The van der Waals surface area contributed by atoms with Crippen molar-refractivity contribution in [2.45, 2.75) is 6.92 Å². The first-order chi connectivity index (χ1) is 11.3. The zero-order valence-electron chi connectivity index (χ0n) is 12.3. The number of hydrogen-bond donors (Lipinski definition) is 2. The summed E-state index contributed by atoms with van der Waals surface area (Å²) in [6, 6.07) is 9.08. The Morgan fingerprint density at radius 2 is 2.00 bits per heavy atom. The van der Waals surface area contributed by atoms with Gasteiger partial charge in [-0.05, 0) is 42.9 Å². The number of halogens is 2. The second-order valence-corrected chi connectivity index (χ2v) is 6.46. The molecule has 0 saturated heterocycles. The van der Waals surface area contributed by atoms with Crippen LogP contribution >= 0.6 is 39.7 Å². The highest BCUT2D eigenvalue weighted by atomic mass is 79.9. The number of hydrogen-bond acceptors (Lipinski definition) is 4. The lowest BCUT2D eigenvalue weighted by Crippen LogP contribution is -2.34. The summed E-state index contributed by atoms with van der Waals surface area (Å²) in [5, 5.41) is 16.1. The van der Waals surface area contributed by atoms with Crippen LogP contribution in [-0.2, 0) is 0 Å². The van der Waals surface area contributed by atoms with E-state index in [2.05, 4.69) is 26.6 Å². The first-order valence-corrected chi connectivity index (χ1v) is 8.18. The van der Waals surface area contributed by atoms with Crippen molar-refractivity contribution < 1.29 is 9.72 Å². The Bertz CT molecular complexity index is 845. The minimum absolute atomic E-state index is 0.0347. The van der Waals surface area contributed by atoms with Crippen LogP contribution in [-0.4, -0.2) is 15.9 Å². The molecule has 0 aliphatic heterocycles. The van der Waals surface area contributed by atoms with E-state index < -0.39 is 4.92 Å². The maximum atomic E-state index is 12.2. The molecule has 0 unspecified atom stereocenters. The number of rotatable bonds is 3. The van der Waals surface area contributed by atoms with Gasteiger partial charge >= 0.3 is 0 Å². The monoisotopic (exact) mass is 427 g/mol. The largest absolute Gasteiger partial charge is 0.331 e. The molecule has 0 aromatic heterocycles. The van der Waals surface area contributed by atoms with Crippen LogP contribution in [0.25, 0.3) is 0 Å². The van der Waals surface area contributed by atoms with Gasteiger partial charge in [-0.15, -0.1) is 0 Å². The Morgan fingerprint density at radius 3 is 2.58 bits per heavy atom. The van der Waals surface area contributed by atoms with Crippen molar-refractivity contribution in [3.8, 4) is 0 Å². The van der Waals surface area contributed by atoms with Gasteiger partial charge in [-0.2, -0.15) is 0 Å². The predicted molar refractivity (Wildman–Crippen MR) is 101 cm³/mol. The molecule has 2 N–H and O–H groups in total. The molecule has 0 radical (unpaired) electrons. The Labute approximate surface area is 156 Å². The normalized spacial score (nSPS) is 10.1. The lowest BCUT2D eigenvalue weighted by Gasteiger charge is -2.11. The molecule has 24 heavy (non-hydrogen) atoms. The van der Waals surface area contributed by atoms with Gasteiger partial charge in [0.1, 0.15) is 0 Å². The number of anilines is 1. The molecule has 2 aromatic carbocycles. The van der Waals surface area contributed by atoms with Crippen molar-refractivity contribution in [3.05, 3.63) is 67.1 Å². The van der Waals surface area contributed by atoms with Gasteiger partial charge < -0.3 is 5.32 Å². The highest BCUT2D eigenvalue weighted by Gasteiger charge is 2.13. The topological polar surface area (TPSA) is 84.3 Å². The van der Waals surface area contributed by atoms with Crippen molar-refractivity contribution in [2.24, 2.45) is 0 Å². The summed E-state index contributed by atoms with van der Waals surface area (Å²) in [6.45, 7) is 1.91. The Hall–Kier alpha value is -2.03. The van der Waals surface area contributed by atoms with Gasteiger partial charge in [0.25, 0.3) is 11.6 Å². The predicted octanol–water partition coefficient (Wildman–Crippen LogP) is 4.45. The number of non-ortho nitro benzene ring substituents is 1. The van der Waals surface area contributed by atoms with Gasteiger partial charge in [-0.25, -0.2) is 0 Å². The molecule has 0 saturated carbocycles. The number of aryl methyl sites for hydroxylation is 1. The van der Waals surface area contributed by atoms with Crippen molar-refractivity contribution in [1.82, 2.24) is 5.32 Å². The standard InChI is InChI=1S/C15H11BrClN3O3S/c1-8-2-3-9(6-11(8)16)14(21)19-15(24)18-13-5-4-10(20(22)23)7-12(13)17/h2-7H,1H3,(H2,18,19,21,24). The van der Waals surface area contributed by atoms with Gasteiger partial charge in [-0.3, -0.25) is 20.2 Å². The summed E-state index contributed by atoms with van der Waals surface area (Å²) < 4.78 is 0.812. The maximum Gasteiger partial charge on any atom is 0.271 e. The van der Waals surface area contributed by atoms with Crippen LogP contribution in [0, 0.1) is 17.0 Å². The Kier molecular flexibility index (Phi) is 5.87. The molecule has 9 heteroatoms. The number of nitrogens with zero attached hydrogens (tertiary/aromatic N) is 1. The van der Waals surface area contributed by atoms with Crippen LogP contribution in [0.5, 0.6) is 0 Å². The number of thiocarbonyl (C=S) groups is 1. The molecule has 0 aliphatic rings. The smallest absolute Gasteiger partial charge is 0.271 e. The lowest BCUT2D eigenvalue weighted by atomic mass is 10.1.